The zero-order valence-corrected chi connectivity index (χ0v) is 18.9. The summed E-state index contributed by atoms with van der Waals surface area (Å²) in [7, 11) is 0. The van der Waals surface area contributed by atoms with Crippen molar-refractivity contribution in [2.45, 2.75) is 13.1 Å². The SMILES string of the molecule is O=c1[nH]cnc(CN(CCO)c2ccc(C#Cc3ccc(CN4CCOCC4)cc3)cc2)c1O. The van der Waals surface area contributed by atoms with Crippen LogP contribution in [0.2, 0.25) is 0 Å². The van der Waals surface area contributed by atoms with Gasteiger partial charge in [0.15, 0.2) is 0 Å². The molecule has 1 fully saturated rings. The average Bonchev–Trinajstić information content (AvgIpc) is 2.87. The Bertz CT molecular complexity index is 1190. The summed E-state index contributed by atoms with van der Waals surface area (Å²) in [6, 6.07) is 15.9. The number of benzene rings is 2. The Morgan fingerprint density at radius 3 is 2.32 bits per heavy atom. The molecule has 0 bridgehead atoms. The molecule has 3 N–H and O–H groups in total. The smallest absolute Gasteiger partial charge is 0.293 e. The van der Waals surface area contributed by atoms with Gasteiger partial charge in [-0.3, -0.25) is 9.69 Å². The lowest BCUT2D eigenvalue weighted by Gasteiger charge is -2.26. The second-order valence-corrected chi connectivity index (χ2v) is 8.05. The van der Waals surface area contributed by atoms with Crippen LogP contribution in [-0.4, -0.2) is 64.5 Å². The molecule has 1 saturated heterocycles. The number of aromatic amines is 1. The number of nitrogens with zero attached hydrogens (tertiary/aromatic N) is 3. The number of H-pyrrole nitrogens is 1. The molecule has 1 aliphatic heterocycles. The fraction of sp³-hybridized carbons (Fsp3) is 0.308. The first-order valence-corrected chi connectivity index (χ1v) is 11.2. The van der Waals surface area contributed by atoms with E-state index in [1.807, 2.05) is 41.3 Å². The van der Waals surface area contributed by atoms with Crippen molar-refractivity contribution in [3.05, 3.63) is 87.6 Å². The number of aliphatic hydroxyl groups excluding tert-OH is 1. The lowest BCUT2D eigenvalue weighted by molar-refractivity contribution is 0.0342. The van der Waals surface area contributed by atoms with Gasteiger partial charge >= 0.3 is 0 Å². The van der Waals surface area contributed by atoms with Crippen molar-refractivity contribution in [3.8, 4) is 17.6 Å². The van der Waals surface area contributed by atoms with Crippen molar-refractivity contribution in [2.24, 2.45) is 0 Å². The van der Waals surface area contributed by atoms with Gasteiger partial charge in [-0.25, -0.2) is 4.98 Å². The van der Waals surface area contributed by atoms with Crippen molar-refractivity contribution in [1.82, 2.24) is 14.9 Å². The Kier molecular flexibility index (Phi) is 7.94. The van der Waals surface area contributed by atoms with Crippen LogP contribution in [0.15, 0.2) is 59.7 Å². The van der Waals surface area contributed by atoms with Gasteiger partial charge in [-0.2, -0.15) is 0 Å². The fourth-order valence-corrected chi connectivity index (χ4v) is 3.76. The number of hydrogen-bond acceptors (Lipinski definition) is 7. The van der Waals surface area contributed by atoms with Crippen LogP contribution in [0.5, 0.6) is 5.75 Å². The minimum atomic E-state index is -0.589. The van der Waals surface area contributed by atoms with Crippen LogP contribution in [0, 0.1) is 11.8 Å². The molecule has 0 radical (unpaired) electrons. The van der Waals surface area contributed by atoms with E-state index in [-0.39, 0.29) is 18.8 Å². The van der Waals surface area contributed by atoms with E-state index in [0.29, 0.717) is 6.54 Å². The number of aromatic hydroxyl groups is 1. The molecular weight excluding hydrogens is 432 g/mol. The average molecular weight is 461 g/mol. The van der Waals surface area contributed by atoms with Crippen molar-refractivity contribution < 1.29 is 14.9 Å². The van der Waals surface area contributed by atoms with Crippen molar-refractivity contribution in [1.29, 1.82) is 0 Å². The molecule has 1 aromatic heterocycles. The molecule has 176 valence electrons. The standard InChI is InChI=1S/C26H28N4O4/c31-14-11-30(18-24-25(32)26(33)28-19-27-24)23-9-7-21(8-10-23)2-1-20-3-5-22(6-4-20)17-29-12-15-34-16-13-29/h3-10,19,31-32H,11-18H2,(H,27,28,33). The summed E-state index contributed by atoms with van der Waals surface area (Å²) in [6.45, 7) is 4.90. The molecule has 8 heteroatoms. The number of aliphatic hydroxyl groups is 1. The highest BCUT2D eigenvalue weighted by atomic mass is 16.5. The van der Waals surface area contributed by atoms with Gasteiger partial charge in [0.1, 0.15) is 5.69 Å². The van der Waals surface area contributed by atoms with E-state index in [9.17, 15) is 15.0 Å². The van der Waals surface area contributed by atoms with Gasteiger partial charge in [0.05, 0.1) is 32.7 Å². The third-order valence-corrected chi connectivity index (χ3v) is 5.66. The van der Waals surface area contributed by atoms with E-state index in [0.717, 1.165) is 49.7 Å². The Balaban J connectivity index is 1.41. The summed E-state index contributed by atoms with van der Waals surface area (Å²) >= 11 is 0. The third-order valence-electron chi connectivity index (χ3n) is 5.66. The number of morpholine rings is 1. The van der Waals surface area contributed by atoms with Gasteiger partial charge in [0, 0.05) is 43.0 Å². The topological polar surface area (TPSA) is 102 Å². The second-order valence-electron chi connectivity index (χ2n) is 8.05. The lowest BCUT2D eigenvalue weighted by Crippen LogP contribution is -2.35. The summed E-state index contributed by atoms with van der Waals surface area (Å²) in [5.41, 5.74) is 3.57. The molecule has 34 heavy (non-hydrogen) atoms. The minimum absolute atomic E-state index is 0.0763. The summed E-state index contributed by atoms with van der Waals surface area (Å²) in [5, 5.41) is 19.4. The van der Waals surface area contributed by atoms with Gasteiger partial charge in [0.25, 0.3) is 5.56 Å². The maximum atomic E-state index is 11.6. The Labute approximate surface area is 198 Å². The van der Waals surface area contributed by atoms with E-state index in [4.69, 9.17) is 4.74 Å². The van der Waals surface area contributed by atoms with Crippen LogP contribution in [-0.2, 0) is 17.8 Å². The van der Waals surface area contributed by atoms with Gasteiger partial charge in [0.2, 0.25) is 5.75 Å². The molecule has 0 amide bonds. The Morgan fingerprint density at radius 2 is 1.68 bits per heavy atom. The van der Waals surface area contributed by atoms with Gasteiger partial charge in [-0.15, -0.1) is 0 Å². The fourth-order valence-electron chi connectivity index (χ4n) is 3.76. The van der Waals surface area contributed by atoms with Gasteiger partial charge < -0.3 is 24.8 Å². The van der Waals surface area contributed by atoms with Crippen LogP contribution in [0.1, 0.15) is 22.4 Å². The molecule has 2 aromatic carbocycles. The summed E-state index contributed by atoms with van der Waals surface area (Å²) < 4.78 is 5.40. The van der Waals surface area contributed by atoms with Crippen molar-refractivity contribution in [3.63, 3.8) is 0 Å². The van der Waals surface area contributed by atoms with E-state index in [1.165, 1.54) is 11.9 Å². The predicted molar refractivity (Wildman–Crippen MR) is 130 cm³/mol. The van der Waals surface area contributed by atoms with Crippen LogP contribution in [0.25, 0.3) is 0 Å². The molecule has 2 heterocycles. The van der Waals surface area contributed by atoms with Crippen LogP contribution in [0.4, 0.5) is 5.69 Å². The quantitative estimate of drug-likeness (QED) is 0.462. The highest BCUT2D eigenvalue weighted by Crippen LogP contribution is 2.19. The predicted octanol–water partition coefficient (Wildman–Crippen LogP) is 1.71. The highest BCUT2D eigenvalue weighted by molar-refractivity contribution is 5.52. The second kappa shape index (κ2) is 11.5. The highest BCUT2D eigenvalue weighted by Gasteiger charge is 2.13. The summed E-state index contributed by atoms with van der Waals surface area (Å²) in [6.07, 6.45) is 1.25. The zero-order chi connectivity index (χ0) is 23.8. The van der Waals surface area contributed by atoms with Crippen molar-refractivity contribution >= 4 is 5.69 Å². The molecule has 0 spiro atoms. The Hall–Kier alpha value is -3.64. The normalized spacial score (nSPS) is 13.8. The van der Waals surface area contributed by atoms with E-state index in [1.54, 1.807) is 0 Å². The number of anilines is 1. The summed E-state index contributed by atoms with van der Waals surface area (Å²) in [5.74, 6) is 5.97. The van der Waals surface area contributed by atoms with Crippen LogP contribution < -0.4 is 10.5 Å². The maximum absolute atomic E-state index is 11.6. The van der Waals surface area contributed by atoms with Crippen LogP contribution in [0.3, 0.4) is 0 Å². The molecule has 1 aliphatic rings. The monoisotopic (exact) mass is 460 g/mol. The molecule has 0 saturated carbocycles. The first kappa shape index (κ1) is 23.5. The third kappa shape index (κ3) is 6.23. The molecule has 8 nitrogen and oxygen atoms in total. The van der Waals surface area contributed by atoms with E-state index < -0.39 is 11.3 Å². The Morgan fingerprint density at radius 1 is 1.03 bits per heavy atom. The molecule has 3 aromatic rings. The first-order chi connectivity index (χ1) is 16.6. The first-order valence-electron chi connectivity index (χ1n) is 11.2. The molecule has 0 unspecified atom stereocenters. The minimum Gasteiger partial charge on any atom is -0.502 e. The van der Waals surface area contributed by atoms with Gasteiger partial charge in [-0.05, 0) is 42.0 Å². The maximum Gasteiger partial charge on any atom is 0.293 e. The lowest BCUT2D eigenvalue weighted by atomic mass is 10.1. The number of nitrogens with one attached hydrogen (secondary N) is 1. The van der Waals surface area contributed by atoms with Gasteiger partial charge in [-0.1, -0.05) is 24.0 Å². The molecule has 4 rings (SSSR count). The zero-order valence-electron chi connectivity index (χ0n) is 18.9. The molecule has 0 atom stereocenters. The largest absolute Gasteiger partial charge is 0.502 e. The number of ether oxygens (including phenoxy) is 1. The number of hydrogen-bond donors (Lipinski definition) is 3. The van der Waals surface area contributed by atoms with E-state index >= 15 is 0 Å². The van der Waals surface area contributed by atoms with Crippen molar-refractivity contribution in [2.75, 3.05) is 44.4 Å². The van der Waals surface area contributed by atoms with Crippen LogP contribution >= 0.6 is 0 Å². The summed E-state index contributed by atoms with van der Waals surface area (Å²) in [4.78, 5) is 22.2. The number of aromatic nitrogens is 2. The number of rotatable bonds is 7. The molecular formula is C26H28N4O4. The molecule has 0 aliphatic carbocycles. The van der Waals surface area contributed by atoms with E-state index in [2.05, 4.69) is 38.8 Å².